The molecule has 0 radical (unpaired) electrons. The first-order valence-electron chi connectivity index (χ1n) is 5.19. The van der Waals surface area contributed by atoms with Crippen molar-refractivity contribution in [1.29, 1.82) is 0 Å². The summed E-state index contributed by atoms with van der Waals surface area (Å²) < 4.78 is 22.2. The predicted octanol–water partition coefficient (Wildman–Crippen LogP) is 2.73. The van der Waals surface area contributed by atoms with Gasteiger partial charge in [0.2, 0.25) is 10.0 Å². The van der Waals surface area contributed by atoms with Crippen LogP contribution in [0.3, 0.4) is 0 Å². The number of rotatable bonds is 5. The van der Waals surface area contributed by atoms with Gasteiger partial charge in [0.05, 0.1) is 4.91 Å². The zero-order chi connectivity index (χ0) is 12.8. The van der Waals surface area contributed by atoms with Crippen LogP contribution in [0.1, 0.15) is 33.6 Å². The van der Waals surface area contributed by atoms with E-state index < -0.39 is 10.0 Å². The average Bonchev–Trinajstić information content (AvgIpc) is 2.06. The monoisotopic (exact) mass is 243 g/mol. The lowest BCUT2D eigenvalue weighted by molar-refractivity contribution is 0.381. The Hall–Kier alpha value is -0.870. The fourth-order valence-electron chi connectivity index (χ4n) is 1.08. The summed E-state index contributed by atoms with van der Waals surface area (Å²) in [4.78, 5) is 0.0939. The normalized spacial score (nSPS) is 14.4. The van der Waals surface area contributed by atoms with Crippen molar-refractivity contribution in [1.82, 2.24) is 0 Å². The van der Waals surface area contributed by atoms with Gasteiger partial charge in [0.25, 0.3) is 0 Å². The van der Waals surface area contributed by atoms with Crippen LogP contribution in [0, 0.1) is 5.41 Å². The Balaban J connectivity index is 4.51. The maximum absolute atomic E-state index is 11.1. The summed E-state index contributed by atoms with van der Waals surface area (Å²) in [5.74, 6) is 0. The Morgan fingerprint density at radius 1 is 1.38 bits per heavy atom. The van der Waals surface area contributed by atoms with Gasteiger partial charge in [0, 0.05) is 0 Å². The fourth-order valence-corrected chi connectivity index (χ4v) is 1.65. The van der Waals surface area contributed by atoms with Crippen molar-refractivity contribution in [3.05, 3.63) is 35.8 Å². The van der Waals surface area contributed by atoms with Gasteiger partial charge in [-0.15, -0.1) is 0 Å². The van der Waals surface area contributed by atoms with E-state index in [0.717, 1.165) is 12.8 Å². The first kappa shape index (κ1) is 15.1. The third kappa shape index (κ3) is 7.43. The third-order valence-electron chi connectivity index (χ3n) is 1.95. The first-order valence-corrected chi connectivity index (χ1v) is 6.73. The predicted molar refractivity (Wildman–Crippen MR) is 69.2 cm³/mol. The van der Waals surface area contributed by atoms with Crippen LogP contribution in [0.4, 0.5) is 0 Å². The quantitative estimate of drug-likeness (QED) is 0.755. The van der Waals surface area contributed by atoms with Crippen LogP contribution in [-0.2, 0) is 10.0 Å². The van der Waals surface area contributed by atoms with Crippen LogP contribution < -0.4 is 5.14 Å². The molecule has 0 aromatic carbocycles. The van der Waals surface area contributed by atoms with E-state index in [2.05, 4.69) is 27.4 Å². The summed E-state index contributed by atoms with van der Waals surface area (Å²) in [5.41, 5.74) is 0.244. The highest BCUT2D eigenvalue weighted by molar-refractivity contribution is 7.93. The van der Waals surface area contributed by atoms with Crippen molar-refractivity contribution < 1.29 is 8.42 Å². The van der Waals surface area contributed by atoms with Crippen molar-refractivity contribution in [2.24, 2.45) is 10.6 Å². The molecule has 0 amide bonds. The number of hydrogen-bond donors (Lipinski definition) is 1. The first-order chi connectivity index (χ1) is 7.17. The van der Waals surface area contributed by atoms with Crippen molar-refractivity contribution in [3.63, 3.8) is 0 Å². The van der Waals surface area contributed by atoms with Gasteiger partial charge in [-0.1, -0.05) is 39.5 Å². The fraction of sp³-hybridized carbons (Fsp3) is 0.500. The van der Waals surface area contributed by atoms with E-state index >= 15 is 0 Å². The minimum Gasteiger partial charge on any atom is -0.225 e. The number of primary sulfonamides is 1. The van der Waals surface area contributed by atoms with E-state index in [9.17, 15) is 8.42 Å². The van der Waals surface area contributed by atoms with Gasteiger partial charge in [0.1, 0.15) is 0 Å². The van der Waals surface area contributed by atoms with Crippen LogP contribution in [-0.4, -0.2) is 8.42 Å². The topological polar surface area (TPSA) is 60.2 Å². The molecule has 0 heterocycles. The third-order valence-corrected chi connectivity index (χ3v) is 2.88. The summed E-state index contributed by atoms with van der Waals surface area (Å²) in [5, 5.41) is 5.04. The molecular weight excluding hydrogens is 222 g/mol. The molecule has 0 aliphatic rings. The van der Waals surface area contributed by atoms with Crippen LogP contribution >= 0.6 is 0 Å². The molecule has 0 saturated heterocycles. The molecule has 0 aromatic rings. The van der Waals surface area contributed by atoms with Gasteiger partial charge in [-0.2, -0.15) is 0 Å². The molecule has 0 aliphatic carbocycles. The SMILES string of the molecule is C=C/C=C(\C=C/CCC(C)(C)C)S(N)(=O)=O. The number of hydrogen-bond acceptors (Lipinski definition) is 2. The Morgan fingerprint density at radius 2 is 1.94 bits per heavy atom. The van der Waals surface area contributed by atoms with Gasteiger partial charge < -0.3 is 0 Å². The second-order valence-corrected chi connectivity index (χ2v) is 6.41. The molecule has 3 nitrogen and oxygen atoms in total. The molecule has 0 fully saturated rings. The van der Waals surface area contributed by atoms with Gasteiger partial charge in [-0.25, -0.2) is 13.6 Å². The molecule has 0 saturated carbocycles. The summed E-state index contributed by atoms with van der Waals surface area (Å²) in [7, 11) is -3.64. The molecule has 0 bridgehead atoms. The van der Waals surface area contributed by atoms with E-state index in [4.69, 9.17) is 5.14 Å². The Labute approximate surface area is 98.8 Å². The Morgan fingerprint density at radius 3 is 2.31 bits per heavy atom. The molecule has 0 aliphatic heterocycles. The van der Waals surface area contributed by atoms with E-state index in [0.29, 0.717) is 0 Å². The van der Waals surface area contributed by atoms with Crippen molar-refractivity contribution in [3.8, 4) is 0 Å². The molecule has 92 valence electrons. The molecule has 0 atom stereocenters. The van der Waals surface area contributed by atoms with Crippen LogP contribution in [0.5, 0.6) is 0 Å². The zero-order valence-corrected chi connectivity index (χ0v) is 11.0. The van der Waals surface area contributed by atoms with Gasteiger partial charge in [0.15, 0.2) is 0 Å². The second kappa shape index (κ2) is 6.01. The summed E-state index contributed by atoms with van der Waals surface area (Å²) in [6.07, 6.45) is 7.98. The van der Waals surface area contributed by atoms with Gasteiger partial charge in [-0.3, -0.25) is 0 Å². The highest BCUT2D eigenvalue weighted by Gasteiger charge is 2.09. The zero-order valence-electron chi connectivity index (χ0n) is 10.2. The average molecular weight is 243 g/mol. The highest BCUT2D eigenvalue weighted by atomic mass is 32.2. The molecule has 0 unspecified atom stereocenters. The van der Waals surface area contributed by atoms with E-state index in [1.54, 1.807) is 0 Å². The minimum atomic E-state index is -3.64. The van der Waals surface area contributed by atoms with E-state index in [1.807, 2.05) is 6.08 Å². The summed E-state index contributed by atoms with van der Waals surface area (Å²) in [6, 6.07) is 0. The standard InChI is InChI=1S/C12H21NO2S/c1-5-8-11(16(13,14)15)9-6-7-10-12(2,3)4/h5-6,8-9H,1,7,10H2,2-4H3,(H2,13,14,15)/b9-6-,11-8+. The molecule has 0 aromatic heterocycles. The molecule has 4 heteroatoms. The van der Waals surface area contributed by atoms with Gasteiger partial charge >= 0.3 is 0 Å². The lowest BCUT2D eigenvalue weighted by atomic mass is 9.90. The summed E-state index contributed by atoms with van der Waals surface area (Å²) >= 11 is 0. The van der Waals surface area contributed by atoms with Crippen LogP contribution in [0.25, 0.3) is 0 Å². The molecular formula is C12H21NO2S. The second-order valence-electron chi connectivity index (χ2n) is 4.85. The van der Waals surface area contributed by atoms with Crippen LogP contribution in [0.2, 0.25) is 0 Å². The van der Waals surface area contributed by atoms with Crippen molar-refractivity contribution in [2.45, 2.75) is 33.6 Å². The Bertz CT molecular complexity index is 384. The lowest BCUT2D eigenvalue weighted by Gasteiger charge is -2.15. The van der Waals surface area contributed by atoms with Crippen LogP contribution in [0.15, 0.2) is 35.8 Å². The molecule has 0 spiro atoms. The molecule has 0 rings (SSSR count). The van der Waals surface area contributed by atoms with Crippen molar-refractivity contribution >= 4 is 10.0 Å². The summed E-state index contributed by atoms with van der Waals surface area (Å²) in [6.45, 7) is 9.87. The maximum Gasteiger partial charge on any atom is 0.238 e. The van der Waals surface area contributed by atoms with E-state index in [-0.39, 0.29) is 10.3 Å². The van der Waals surface area contributed by atoms with Crippen molar-refractivity contribution in [2.75, 3.05) is 0 Å². The smallest absolute Gasteiger partial charge is 0.225 e. The molecule has 16 heavy (non-hydrogen) atoms. The number of allylic oxidation sites excluding steroid dienone is 4. The number of sulfonamides is 1. The Kier molecular flexibility index (Phi) is 5.68. The largest absolute Gasteiger partial charge is 0.238 e. The highest BCUT2D eigenvalue weighted by Crippen LogP contribution is 2.20. The van der Waals surface area contributed by atoms with Gasteiger partial charge in [-0.05, 0) is 30.4 Å². The van der Waals surface area contributed by atoms with E-state index in [1.165, 1.54) is 18.2 Å². The molecule has 2 N–H and O–H groups in total. The minimum absolute atomic E-state index is 0.0939. The lowest BCUT2D eigenvalue weighted by Crippen LogP contribution is -2.13. The maximum atomic E-state index is 11.1. The number of nitrogens with two attached hydrogens (primary N) is 1.